The van der Waals surface area contributed by atoms with Gasteiger partial charge in [0.05, 0.1) is 11.8 Å². The number of carbonyl (C=O) groups excluding carboxylic acids is 6. The average Bonchev–Trinajstić information content (AvgIpc) is 2.50. The van der Waals surface area contributed by atoms with Gasteiger partial charge in [0.25, 0.3) is 0 Å². The van der Waals surface area contributed by atoms with E-state index in [0.717, 1.165) is 17.4 Å². The number of aliphatic carboxylic acids is 2. The number of hydrogen-bond donors (Lipinski definition) is 0. The van der Waals surface area contributed by atoms with Crippen LogP contribution in [-0.2, 0) is 49.8 Å². The molecule has 0 aliphatic carbocycles. The molecule has 2 atom stereocenters. The van der Waals surface area contributed by atoms with Crippen LogP contribution >= 0.6 is 0 Å². The van der Waals surface area contributed by atoms with E-state index in [9.17, 15) is 39.0 Å². The molecule has 24 heavy (non-hydrogen) atoms. The summed E-state index contributed by atoms with van der Waals surface area (Å²) in [4.78, 5) is 62.5. The second-order valence-corrected chi connectivity index (χ2v) is 4.45. The van der Waals surface area contributed by atoms with E-state index in [2.05, 4.69) is 0 Å². The summed E-state index contributed by atoms with van der Waals surface area (Å²) in [5.41, 5.74) is 0. The molecule has 9 nitrogen and oxygen atoms in total. The number of carboxylic acid groups (broad SMARTS) is 2. The van der Waals surface area contributed by atoms with E-state index in [1.165, 1.54) is 13.8 Å². The summed E-state index contributed by atoms with van der Waals surface area (Å²) in [5, 5.41) is 20.0. The molecule has 0 radical (unpaired) electrons. The Balaban J connectivity index is -0.000000333. The molecule has 0 aromatic carbocycles. The van der Waals surface area contributed by atoms with Gasteiger partial charge in [-0.15, -0.1) is 0 Å². The van der Waals surface area contributed by atoms with Gasteiger partial charge in [-0.1, -0.05) is 13.8 Å². The third-order valence-corrected chi connectivity index (χ3v) is 2.83. The van der Waals surface area contributed by atoms with Crippen LogP contribution in [0.15, 0.2) is 0 Å². The van der Waals surface area contributed by atoms with Crippen LogP contribution in [0.1, 0.15) is 40.5 Å². The first-order chi connectivity index (χ1) is 11.0. The van der Waals surface area contributed by atoms with Gasteiger partial charge in [-0.05, 0) is 26.7 Å². The second-order valence-electron chi connectivity index (χ2n) is 4.45. The number of Topliss-reactive ketones (excluding diaryl/α,β-unsaturated/α-hetero) is 4. The van der Waals surface area contributed by atoms with Gasteiger partial charge < -0.3 is 19.8 Å². The molecule has 0 rings (SSSR count). The van der Waals surface area contributed by atoms with Gasteiger partial charge in [-0.25, -0.2) is 0 Å². The molecule has 0 N–H and O–H groups in total. The van der Waals surface area contributed by atoms with Crippen molar-refractivity contribution in [2.24, 2.45) is 11.8 Å². The summed E-state index contributed by atoms with van der Waals surface area (Å²) in [6, 6.07) is 0. The predicted molar refractivity (Wildman–Crippen MR) is 69.6 cm³/mol. The Labute approximate surface area is 148 Å². The molecule has 0 aliphatic rings. The molecular formula is C14H18O9V. The molecule has 10 heteroatoms. The van der Waals surface area contributed by atoms with Gasteiger partial charge in [-0.3, -0.25) is 19.2 Å². The third kappa shape index (κ3) is 10.7. The van der Waals surface area contributed by atoms with E-state index in [1.54, 1.807) is 13.8 Å². The monoisotopic (exact) mass is 381 g/mol. The average molecular weight is 381 g/mol. The molecule has 0 aromatic rings. The van der Waals surface area contributed by atoms with Crippen molar-refractivity contribution in [3.05, 3.63) is 0 Å². The molecule has 0 amide bonds. The van der Waals surface area contributed by atoms with Crippen LogP contribution in [0.25, 0.3) is 0 Å². The Bertz CT molecular complexity index is 454. The minimum atomic E-state index is -1.79. The van der Waals surface area contributed by atoms with Crippen molar-refractivity contribution < 1.29 is 60.0 Å². The van der Waals surface area contributed by atoms with E-state index in [1.807, 2.05) is 0 Å². The van der Waals surface area contributed by atoms with Crippen LogP contribution in [0, 0.1) is 11.8 Å². The van der Waals surface area contributed by atoms with Gasteiger partial charge in [0.2, 0.25) is 0 Å². The van der Waals surface area contributed by atoms with Crippen LogP contribution in [0.2, 0.25) is 0 Å². The predicted octanol–water partition coefficient (Wildman–Crippen LogP) is -2.28. The van der Waals surface area contributed by atoms with Crippen LogP contribution in [0.3, 0.4) is 0 Å². The summed E-state index contributed by atoms with van der Waals surface area (Å²) in [7, 11) is 0. The summed E-state index contributed by atoms with van der Waals surface area (Å²) < 4.78 is 8.19. The van der Waals surface area contributed by atoms with Gasteiger partial charge in [0.15, 0.2) is 11.6 Å². The van der Waals surface area contributed by atoms with Gasteiger partial charge in [-0.2, -0.15) is 0 Å². The first-order valence-corrected chi connectivity index (χ1v) is 7.27. The van der Waals surface area contributed by atoms with Crippen molar-refractivity contribution in [1.29, 1.82) is 0 Å². The van der Waals surface area contributed by atoms with E-state index in [-0.39, 0.29) is 12.8 Å². The zero-order valence-electron chi connectivity index (χ0n) is 13.7. The fraction of sp³-hybridized carbons (Fsp3) is 0.571. The Morgan fingerprint density at radius 2 is 0.917 bits per heavy atom. The minimum absolute atomic E-state index is 0.210. The maximum absolute atomic E-state index is 10.6. The molecule has 0 fully saturated rings. The molecule has 2 unspecified atom stereocenters. The molecule has 0 spiro atoms. The number of rotatable bonds is 8. The van der Waals surface area contributed by atoms with Crippen LogP contribution < -0.4 is 10.2 Å². The number of hydrogen-bond acceptors (Lipinski definition) is 9. The topological polar surface area (TPSA) is 166 Å². The van der Waals surface area contributed by atoms with Crippen LogP contribution in [0.5, 0.6) is 0 Å². The Morgan fingerprint density at radius 3 is 0.958 bits per heavy atom. The van der Waals surface area contributed by atoms with E-state index >= 15 is 0 Å². The normalized spacial score (nSPS) is 11.4. The Hall–Kier alpha value is -2.00. The standard InChI is InChI=1S/2C7H10O4.O.V/c2*1-3-5(4(2)8)6(9)7(10)11;;/h2*5H,3H2,1-2H3,(H,10,11);;/q;;;+2/p-2. The number of carboxylic acids is 2. The zero-order chi connectivity index (χ0) is 20.0. The summed E-state index contributed by atoms with van der Waals surface area (Å²) in [6.45, 7) is 5.53. The van der Waals surface area contributed by atoms with Crippen molar-refractivity contribution in [3.63, 3.8) is 0 Å². The van der Waals surface area contributed by atoms with Crippen LogP contribution in [-0.4, -0.2) is 35.1 Å². The molecule has 0 saturated carbocycles. The molecule has 0 heterocycles. The van der Waals surface area contributed by atoms with Gasteiger partial charge in [0.1, 0.15) is 23.5 Å². The SMILES string of the molecule is CCC(C(C)=O)C(=O)C(=O)[O-].CCC(C(C)=O)C(=O)C(=O)[O-].[O]=[V+2]. The molecule has 133 valence electrons. The van der Waals surface area contributed by atoms with Crippen molar-refractivity contribution in [2.45, 2.75) is 40.5 Å². The summed E-state index contributed by atoms with van der Waals surface area (Å²) in [6.07, 6.45) is 0.421. The zero-order valence-corrected chi connectivity index (χ0v) is 15.1. The third-order valence-electron chi connectivity index (χ3n) is 2.83. The van der Waals surface area contributed by atoms with Gasteiger partial charge >= 0.3 is 21.0 Å². The number of ketones is 4. The molecule has 0 bridgehead atoms. The van der Waals surface area contributed by atoms with Crippen molar-refractivity contribution in [3.8, 4) is 0 Å². The number of carbonyl (C=O) groups is 6. The van der Waals surface area contributed by atoms with E-state index in [4.69, 9.17) is 3.67 Å². The van der Waals surface area contributed by atoms with Crippen molar-refractivity contribution in [2.75, 3.05) is 0 Å². The van der Waals surface area contributed by atoms with Crippen LogP contribution in [0.4, 0.5) is 0 Å². The first kappa shape index (κ1) is 26.9. The van der Waals surface area contributed by atoms with Gasteiger partial charge in [0, 0.05) is 0 Å². The molecule has 0 aliphatic heterocycles. The first-order valence-electron chi connectivity index (χ1n) is 6.70. The molecule has 0 aromatic heterocycles. The van der Waals surface area contributed by atoms with Crippen molar-refractivity contribution in [1.82, 2.24) is 0 Å². The van der Waals surface area contributed by atoms with E-state index < -0.39 is 46.9 Å². The van der Waals surface area contributed by atoms with E-state index in [0.29, 0.717) is 0 Å². The fourth-order valence-electron chi connectivity index (χ4n) is 1.60. The van der Waals surface area contributed by atoms with Crippen molar-refractivity contribution >= 4 is 35.1 Å². The Kier molecular flexibility index (Phi) is 16.3. The molecular weight excluding hydrogens is 363 g/mol. The summed E-state index contributed by atoms with van der Waals surface area (Å²) >= 11 is 1.06. The second kappa shape index (κ2) is 14.6. The Morgan fingerprint density at radius 1 is 0.708 bits per heavy atom. The maximum atomic E-state index is 10.6. The quantitative estimate of drug-likeness (QED) is 0.332. The summed E-state index contributed by atoms with van der Waals surface area (Å²) in [5.74, 6) is -8.73. The fourth-order valence-corrected chi connectivity index (χ4v) is 1.60. The molecule has 0 saturated heterocycles.